The van der Waals surface area contributed by atoms with Gasteiger partial charge in [0, 0.05) is 5.41 Å². The lowest BCUT2D eigenvalue weighted by Gasteiger charge is -2.41. The number of hydrogen-bond donors (Lipinski definition) is 3. The van der Waals surface area contributed by atoms with E-state index in [9.17, 15) is 14.7 Å². The Morgan fingerprint density at radius 2 is 1.96 bits per heavy atom. The number of ether oxygens (including phenoxy) is 1. The van der Waals surface area contributed by atoms with E-state index in [1.807, 2.05) is 0 Å². The number of aliphatic carboxylic acids is 1. The van der Waals surface area contributed by atoms with Gasteiger partial charge < -0.3 is 14.9 Å². The molecule has 2 rings (SSSR count). The van der Waals surface area contributed by atoms with Crippen LogP contribution >= 0.6 is 0 Å². The number of carbonyl (C=O) groups excluding carboxylic acids is 1. The Hall–Kier alpha value is -2.24. The Labute approximate surface area is 135 Å². The van der Waals surface area contributed by atoms with Crippen molar-refractivity contribution in [1.82, 2.24) is 0 Å². The van der Waals surface area contributed by atoms with Gasteiger partial charge in [-0.25, -0.2) is 4.79 Å². The Morgan fingerprint density at radius 1 is 1.30 bits per heavy atom. The third kappa shape index (κ3) is 4.15. The van der Waals surface area contributed by atoms with Crippen molar-refractivity contribution in [3.05, 3.63) is 23.8 Å². The van der Waals surface area contributed by atoms with Gasteiger partial charge in [-0.1, -0.05) is 12.5 Å². The van der Waals surface area contributed by atoms with Gasteiger partial charge in [0.1, 0.15) is 11.4 Å². The molecule has 23 heavy (non-hydrogen) atoms. The Kier molecular flexibility index (Phi) is 4.54. The van der Waals surface area contributed by atoms with Crippen LogP contribution in [0.5, 0.6) is 5.75 Å². The molecular weight excluding hydrogens is 298 g/mol. The first-order chi connectivity index (χ1) is 10.6. The summed E-state index contributed by atoms with van der Waals surface area (Å²) in [6.07, 6.45) is 1.93. The molecular formula is C17H23NO5. The zero-order valence-corrected chi connectivity index (χ0v) is 13.7. The third-order valence-electron chi connectivity index (χ3n) is 4.04. The Morgan fingerprint density at radius 3 is 2.43 bits per heavy atom. The van der Waals surface area contributed by atoms with Gasteiger partial charge in [-0.3, -0.25) is 10.1 Å². The van der Waals surface area contributed by atoms with E-state index in [4.69, 9.17) is 9.84 Å². The lowest BCUT2D eigenvalue weighted by Crippen LogP contribution is -2.36. The van der Waals surface area contributed by atoms with Gasteiger partial charge in [-0.15, -0.1) is 0 Å². The first-order valence-corrected chi connectivity index (χ1v) is 7.67. The predicted molar refractivity (Wildman–Crippen MR) is 85.7 cm³/mol. The molecule has 1 fully saturated rings. The molecule has 0 spiro atoms. The Bertz CT molecular complexity index is 614. The number of nitrogens with one attached hydrogen (secondary N) is 1. The Balaban J connectivity index is 2.22. The van der Waals surface area contributed by atoms with Crippen LogP contribution in [-0.4, -0.2) is 27.9 Å². The topological polar surface area (TPSA) is 95.9 Å². The molecule has 1 aliphatic rings. The largest absolute Gasteiger partial charge is 0.506 e. The van der Waals surface area contributed by atoms with Crippen molar-refractivity contribution in [2.24, 2.45) is 0 Å². The van der Waals surface area contributed by atoms with Crippen molar-refractivity contribution < 1.29 is 24.5 Å². The van der Waals surface area contributed by atoms with Crippen molar-refractivity contribution >= 4 is 17.7 Å². The second kappa shape index (κ2) is 6.10. The average Bonchev–Trinajstić information content (AvgIpc) is 2.34. The standard InChI is InChI=1S/C17H23NO5/c1-16(2,3)23-15(22)18-12-9-11(5-6-13(12)19)17(7-4-8-17)10-14(20)21/h5-6,9,19H,4,7-8,10H2,1-3H3,(H,18,22)(H,20,21). The van der Waals surface area contributed by atoms with Gasteiger partial charge in [0.15, 0.2) is 0 Å². The fourth-order valence-corrected chi connectivity index (χ4v) is 2.84. The van der Waals surface area contributed by atoms with E-state index in [1.54, 1.807) is 32.9 Å². The maximum atomic E-state index is 11.9. The van der Waals surface area contributed by atoms with Crippen LogP contribution in [0.15, 0.2) is 18.2 Å². The summed E-state index contributed by atoms with van der Waals surface area (Å²) in [4.78, 5) is 23.0. The summed E-state index contributed by atoms with van der Waals surface area (Å²) in [5, 5.41) is 21.6. The summed E-state index contributed by atoms with van der Waals surface area (Å²) in [6, 6.07) is 4.84. The van der Waals surface area contributed by atoms with Crippen molar-refractivity contribution in [2.75, 3.05) is 5.32 Å². The van der Waals surface area contributed by atoms with Gasteiger partial charge in [0.05, 0.1) is 12.1 Å². The summed E-state index contributed by atoms with van der Waals surface area (Å²) >= 11 is 0. The summed E-state index contributed by atoms with van der Waals surface area (Å²) in [6.45, 7) is 5.25. The minimum absolute atomic E-state index is 0.0453. The fraction of sp³-hybridized carbons (Fsp3) is 0.529. The lowest BCUT2D eigenvalue weighted by atomic mass is 9.62. The lowest BCUT2D eigenvalue weighted by molar-refractivity contribution is -0.139. The van der Waals surface area contributed by atoms with Gasteiger partial charge in [0.25, 0.3) is 0 Å². The normalized spacial score (nSPS) is 16.3. The van der Waals surface area contributed by atoms with E-state index in [-0.39, 0.29) is 17.9 Å². The van der Waals surface area contributed by atoms with Crippen molar-refractivity contribution in [1.29, 1.82) is 0 Å². The molecule has 0 radical (unpaired) electrons. The second-order valence-corrected chi connectivity index (χ2v) is 7.06. The molecule has 6 heteroatoms. The van der Waals surface area contributed by atoms with Crippen molar-refractivity contribution in [2.45, 2.75) is 57.5 Å². The predicted octanol–water partition coefficient (Wildman–Crippen LogP) is 3.64. The molecule has 0 unspecified atom stereocenters. The molecule has 0 heterocycles. The molecule has 126 valence electrons. The third-order valence-corrected chi connectivity index (χ3v) is 4.04. The number of carboxylic acids is 1. The molecule has 1 amide bonds. The van der Waals surface area contributed by atoms with Gasteiger partial charge >= 0.3 is 12.1 Å². The SMILES string of the molecule is CC(C)(C)OC(=O)Nc1cc(C2(CC(=O)O)CCC2)ccc1O. The molecule has 1 aromatic rings. The molecule has 6 nitrogen and oxygen atoms in total. The highest BCUT2D eigenvalue weighted by Crippen LogP contribution is 2.47. The van der Waals surface area contributed by atoms with Gasteiger partial charge in [-0.2, -0.15) is 0 Å². The zero-order chi connectivity index (χ0) is 17.3. The zero-order valence-electron chi connectivity index (χ0n) is 13.7. The highest BCUT2D eigenvalue weighted by Gasteiger charge is 2.40. The van der Waals surface area contributed by atoms with E-state index in [0.717, 1.165) is 24.8 Å². The summed E-state index contributed by atoms with van der Waals surface area (Å²) in [5.74, 6) is -0.927. The molecule has 0 bridgehead atoms. The van der Waals surface area contributed by atoms with Crippen LogP contribution in [0.25, 0.3) is 0 Å². The minimum Gasteiger partial charge on any atom is -0.506 e. The van der Waals surface area contributed by atoms with E-state index in [2.05, 4.69) is 5.32 Å². The minimum atomic E-state index is -0.848. The van der Waals surface area contributed by atoms with E-state index >= 15 is 0 Å². The van der Waals surface area contributed by atoms with Crippen LogP contribution < -0.4 is 5.32 Å². The first kappa shape index (κ1) is 17.1. The number of amides is 1. The molecule has 0 atom stereocenters. The number of carboxylic acid groups (broad SMARTS) is 1. The molecule has 0 aromatic heterocycles. The number of phenolic OH excluding ortho intramolecular Hbond substituents is 1. The number of rotatable bonds is 4. The van der Waals surface area contributed by atoms with Crippen LogP contribution in [0.2, 0.25) is 0 Å². The van der Waals surface area contributed by atoms with Crippen LogP contribution in [-0.2, 0) is 14.9 Å². The average molecular weight is 321 g/mol. The number of aromatic hydroxyl groups is 1. The maximum absolute atomic E-state index is 11.9. The van der Waals surface area contributed by atoms with Crippen LogP contribution in [0.3, 0.4) is 0 Å². The van der Waals surface area contributed by atoms with E-state index < -0.39 is 23.1 Å². The molecule has 0 aliphatic heterocycles. The molecule has 0 saturated heterocycles. The van der Waals surface area contributed by atoms with Crippen molar-refractivity contribution in [3.8, 4) is 5.75 Å². The fourth-order valence-electron chi connectivity index (χ4n) is 2.84. The second-order valence-electron chi connectivity index (χ2n) is 7.06. The first-order valence-electron chi connectivity index (χ1n) is 7.67. The highest BCUT2D eigenvalue weighted by molar-refractivity contribution is 5.87. The van der Waals surface area contributed by atoms with Gasteiger partial charge in [0.2, 0.25) is 0 Å². The molecule has 1 aromatic carbocycles. The monoisotopic (exact) mass is 321 g/mol. The summed E-state index contributed by atoms with van der Waals surface area (Å²) in [7, 11) is 0. The molecule has 3 N–H and O–H groups in total. The smallest absolute Gasteiger partial charge is 0.412 e. The van der Waals surface area contributed by atoms with E-state index in [1.165, 1.54) is 6.07 Å². The number of phenols is 1. The van der Waals surface area contributed by atoms with E-state index in [0.29, 0.717) is 0 Å². The quantitative estimate of drug-likeness (QED) is 0.736. The number of anilines is 1. The van der Waals surface area contributed by atoms with Crippen molar-refractivity contribution in [3.63, 3.8) is 0 Å². The number of hydrogen-bond acceptors (Lipinski definition) is 4. The number of carbonyl (C=O) groups is 2. The summed E-state index contributed by atoms with van der Waals surface area (Å²) < 4.78 is 5.17. The van der Waals surface area contributed by atoms with Gasteiger partial charge in [-0.05, 0) is 51.3 Å². The molecule has 1 aliphatic carbocycles. The van der Waals surface area contributed by atoms with Crippen LogP contribution in [0, 0.1) is 0 Å². The summed E-state index contributed by atoms with van der Waals surface area (Å²) in [5.41, 5.74) is -0.0110. The maximum Gasteiger partial charge on any atom is 0.412 e. The van der Waals surface area contributed by atoms with Crippen LogP contribution in [0.1, 0.15) is 52.0 Å². The number of benzene rings is 1. The van der Waals surface area contributed by atoms with Crippen LogP contribution in [0.4, 0.5) is 10.5 Å². The molecule has 1 saturated carbocycles. The highest BCUT2D eigenvalue weighted by atomic mass is 16.6.